The second-order valence-corrected chi connectivity index (χ2v) is 5.63. The smallest absolute Gasteiger partial charge is 0.308 e. The molecule has 1 fully saturated rings. The van der Waals surface area contributed by atoms with Crippen molar-refractivity contribution in [1.29, 1.82) is 0 Å². The van der Waals surface area contributed by atoms with Crippen molar-refractivity contribution in [2.75, 3.05) is 6.61 Å². The zero-order valence-electron chi connectivity index (χ0n) is 12.6. The van der Waals surface area contributed by atoms with Gasteiger partial charge >= 0.3 is 5.97 Å². The number of hydrogen-bond donors (Lipinski definition) is 1. The summed E-state index contributed by atoms with van der Waals surface area (Å²) in [6, 6.07) is 10.1. The van der Waals surface area contributed by atoms with Crippen LogP contribution < -0.4 is 0 Å². The monoisotopic (exact) mass is 288 g/mol. The predicted octanol–water partition coefficient (Wildman–Crippen LogP) is 3.44. The number of carbonyl (C=O) groups excluding carboxylic acids is 1. The maximum atomic E-state index is 11.3. The largest absolute Gasteiger partial charge is 0.465 e. The molecule has 1 aromatic rings. The molecule has 114 valence electrons. The zero-order chi connectivity index (χ0) is 15.1. The van der Waals surface area contributed by atoms with Crippen molar-refractivity contribution in [3.8, 4) is 0 Å². The number of aliphatic hydroxyl groups is 1. The summed E-state index contributed by atoms with van der Waals surface area (Å²) in [6.07, 6.45) is 7.19. The molecular formula is C18H24O3. The van der Waals surface area contributed by atoms with Crippen LogP contribution in [0.25, 0.3) is 0 Å². The molecular weight excluding hydrogens is 264 g/mol. The van der Waals surface area contributed by atoms with E-state index in [-0.39, 0.29) is 30.8 Å². The normalized spacial score (nSPS) is 24.0. The van der Waals surface area contributed by atoms with Crippen LogP contribution in [0.1, 0.15) is 44.1 Å². The van der Waals surface area contributed by atoms with Gasteiger partial charge in [-0.25, -0.2) is 0 Å². The summed E-state index contributed by atoms with van der Waals surface area (Å²) in [5, 5.41) is 10.2. The molecule has 0 aliphatic carbocycles. The molecule has 0 bridgehead atoms. The lowest BCUT2D eigenvalue weighted by Crippen LogP contribution is -2.38. The van der Waals surface area contributed by atoms with Crippen LogP contribution in [0.15, 0.2) is 42.5 Å². The third kappa shape index (κ3) is 4.43. The van der Waals surface area contributed by atoms with Crippen LogP contribution in [0.3, 0.4) is 0 Å². The number of carbonyl (C=O) groups is 1. The first-order valence-corrected chi connectivity index (χ1v) is 7.77. The van der Waals surface area contributed by atoms with Gasteiger partial charge in [-0.15, -0.1) is 0 Å². The zero-order valence-corrected chi connectivity index (χ0v) is 12.6. The van der Waals surface area contributed by atoms with E-state index >= 15 is 0 Å². The second-order valence-electron chi connectivity index (χ2n) is 5.63. The van der Waals surface area contributed by atoms with Crippen LogP contribution in [-0.4, -0.2) is 23.8 Å². The Balaban J connectivity index is 2.15. The molecule has 3 nitrogen and oxygen atoms in total. The molecule has 3 atom stereocenters. The lowest BCUT2D eigenvalue weighted by molar-refractivity contribution is -0.157. The Morgan fingerprint density at radius 2 is 2.14 bits per heavy atom. The number of benzene rings is 1. The average Bonchev–Trinajstić information content (AvgIpc) is 2.49. The molecule has 1 unspecified atom stereocenters. The topological polar surface area (TPSA) is 46.5 Å². The Hall–Kier alpha value is -1.61. The van der Waals surface area contributed by atoms with Gasteiger partial charge in [0.05, 0.1) is 19.1 Å². The first-order valence-electron chi connectivity index (χ1n) is 7.77. The van der Waals surface area contributed by atoms with Crippen molar-refractivity contribution in [3.05, 3.63) is 48.0 Å². The van der Waals surface area contributed by atoms with Crippen LogP contribution in [0, 0.1) is 5.92 Å². The molecule has 1 N–H and O–H groups in total. The molecule has 0 radical (unpaired) electrons. The van der Waals surface area contributed by atoms with E-state index in [1.165, 1.54) is 12.8 Å². The highest BCUT2D eigenvalue weighted by Crippen LogP contribution is 2.33. The number of rotatable bonds is 6. The molecule has 1 heterocycles. The van der Waals surface area contributed by atoms with E-state index in [9.17, 15) is 9.90 Å². The highest BCUT2D eigenvalue weighted by atomic mass is 16.5. The van der Waals surface area contributed by atoms with E-state index in [0.717, 1.165) is 12.0 Å². The quantitative estimate of drug-likeness (QED) is 0.495. The first kappa shape index (κ1) is 15.8. The van der Waals surface area contributed by atoms with Gasteiger partial charge < -0.3 is 9.84 Å². The SMILES string of the molecule is CCCC/C=C/[C@@H](c1ccccc1)[C@@H]1COC(=O)CC1O. The maximum absolute atomic E-state index is 11.3. The predicted molar refractivity (Wildman–Crippen MR) is 82.9 cm³/mol. The molecule has 0 saturated carbocycles. The first-order chi connectivity index (χ1) is 10.2. The summed E-state index contributed by atoms with van der Waals surface area (Å²) in [5.74, 6) is -0.283. The molecule has 21 heavy (non-hydrogen) atoms. The number of hydrogen-bond acceptors (Lipinski definition) is 3. The molecule has 0 amide bonds. The van der Waals surface area contributed by atoms with E-state index in [1.807, 2.05) is 18.2 Å². The van der Waals surface area contributed by atoms with Gasteiger partial charge in [0.15, 0.2) is 0 Å². The van der Waals surface area contributed by atoms with Gasteiger partial charge in [0.1, 0.15) is 0 Å². The van der Waals surface area contributed by atoms with E-state index < -0.39 is 6.10 Å². The lowest BCUT2D eigenvalue weighted by atomic mass is 9.80. The van der Waals surface area contributed by atoms with Crippen molar-refractivity contribution >= 4 is 5.97 Å². The molecule has 1 aliphatic heterocycles. The third-order valence-electron chi connectivity index (χ3n) is 4.02. The van der Waals surface area contributed by atoms with Crippen LogP contribution in [0.4, 0.5) is 0 Å². The van der Waals surface area contributed by atoms with E-state index in [0.29, 0.717) is 0 Å². The summed E-state index contributed by atoms with van der Waals surface area (Å²) in [4.78, 5) is 11.3. The number of aliphatic hydroxyl groups excluding tert-OH is 1. The second kappa shape index (κ2) is 7.99. The minimum absolute atomic E-state index is 0.0667. The number of esters is 1. The van der Waals surface area contributed by atoms with Gasteiger partial charge in [0.25, 0.3) is 0 Å². The van der Waals surface area contributed by atoms with Gasteiger partial charge in [-0.3, -0.25) is 4.79 Å². The molecule has 1 aromatic carbocycles. The summed E-state index contributed by atoms with van der Waals surface area (Å²) < 4.78 is 5.16. The van der Waals surface area contributed by atoms with Crippen molar-refractivity contribution < 1.29 is 14.6 Å². The van der Waals surface area contributed by atoms with Crippen molar-refractivity contribution in [2.24, 2.45) is 5.92 Å². The Kier molecular flexibility index (Phi) is 6.00. The highest BCUT2D eigenvalue weighted by Gasteiger charge is 2.34. The Morgan fingerprint density at radius 1 is 1.38 bits per heavy atom. The summed E-state index contributed by atoms with van der Waals surface area (Å²) in [5.41, 5.74) is 1.16. The average molecular weight is 288 g/mol. The number of cyclic esters (lactones) is 1. The van der Waals surface area contributed by atoms with Gasteiger partial charge in [-0.05, 0) is 12.0 Å². The Labute approximate surface area is 126 Å². The number of ether oxygens (including phenoxy) is 1. The molecule has 3 heteroatoms. The van der Waals surface area contributed by atoms with E-state index in [1.54, 1.807) is 0 Å². The third-order valence-corrected chi connectivity index (χ3v) is 4.02. The molecule has 0 spiro atoms. The van der Waals surface area contributed by atoms with Gasteiger partial charge in [0, 0.05) is 11.8 Å². The fourth-order valence-corrected chi connectivity index (χ4v) is 2.77. The highest BCUT2D eigenvalue weighted by molar-refractivity contribution is 5.70. The summed E-state index contributed by atoms with van der Waals surface area (Å²) in [6.45, 7) is 2.46. The summed E-state index contributed by atoms with van der Waals surface area (Å²) in [7, 11) is 0. The number of unbranched alkanes of at least 4 members (excludes halogenated alkanes) is 2. The maximum Gasteiger partial charge on any atom is 0.308 e. The number of allylic oxidation sites excluding steroid dienone is 2. The van der Waals surface area contributed by atoms with Crippen molar-refractivity contribution in [3.63, 3.8) is 0 Å². The summed E-state index contributed by atoms with van der Waals surface area (Å²) >= 11 is 0. The minimum atomic E-state index is -0.632. The lowest BCUT2D eigenvalue weighted by Gasteiger charge is -2.32. The van der Waals surface area contributed by atoms with Gasteiger partial charge in [-0.1, -0.05) is 62.2 Å². The van der Waals surface area contributed by atoms with Gasteiger partial charge in [-0.2, -0.15) is 0 Å². The molecule has 2 rings (SSSR count). The van der Waals surface area contributed by atoms with Crippen LogP contribution in [0.5, 0.6) is 0 Å². The van der Waals surface area contributed by atoms with Crippen LogP contribution in [0.2, 0.25) is 0 Å². The fourth-order valence-electron chi connectivity index (χ4n) is 2.77. The molecule has 0 aromatic heterocycles. The molecule has 1 aliphatic rings. The van der Waals surface area contributed by atoms with Crippen LogP contribution in [-0.2, 0) is 9.53 Å². The Morgan fingerprint density at radius 3 is 2.81 bits per heavy atom. The van der Waals surface area contributed by atoms with E-state index in [2.05, 4.69) is 31.2 Å². The minimum Gasteiger partial charge on any atom is -0.465 e. The molecule has 1 saturated heterocycles. The Bertz CT molecular complexity index is 467. The van der Waals surface area contributed by atoms with Crippen LogP contribution >= 0.6 is 0 Å². The van der Waals surface area contributed by atoms with Gasteiger partial charge in [0.2, 0.25) is 0 Å². The van der Waals surface area contributed by atoms with Crippen molar-refractivity contribution in [2.45, 2.75) is 44.6 Å². The fraction of sp³-hybridized carbons (Fsp3) is 0.500. The van der Waals surface area contributed by atoms with E-state index in [4.69, 9.17) is 4.74 Å². The van der Waals surface area contributed by atoms with Crippen molar-refractivity contribution in [1.82, 2.24) is 0 Å². The standard InChI is InChI=1S/C18H24O3/c1-2-3-4-8-11-15(14-9-6-5-7-10-14)16-13-21-18(20)12-17(16)19/h5-11,15-17,19H,2-4,12-13H2,1H3/b11-8+/t15-,16-,17?/m0/s1.